The van der Waals surface area contributed by atoms with Gasteiger partial charge in [-0.05, 0) is 37.8 Å². The quantitative estimate of drug-likeness (QED) is 0.902. The van der Waals surface area contributed by atoms with Crippen molar-refractivity contribution in [3.63, 3.8) is 0 Å². The first-order chi connectivity index (χ1) is 9.10. The monoisotopic (exact) mass is 302 g/mol. The van der Waals surface area contributed by atoms with E-state index in [9.17, 15) is 4.79 Å². The smallest absolute Gasteiger partial charge is 0.317 e. The van der Waals surface area contributed by atoms with E-state index in [0.717, 1.165) is 35.1 Å². The molecular weight excluding hydrogens is 284 g/mol. The molecule has 2 N–H and O–H groups in total. The molecule has 6 heteroatoms. The van der Waals surface area contributed by atoms with Crippen LogP contribution in [0.4, 0.5) is 4.79 Å². The molecule has 1 aromatic rings. The van der Waals surface area contributed by atoms with Crippen molar-refractivity contribution in [3.8, 4) is 0 Å². The van der Waals surface area contributed by atoms with Crippen LogP contribution in [0, 0.1) is 5.92 Å². The molecule has 0 saturated carbocycles. The molecule has 2 rings (SSSR count). The fourth-order valence-corrected chi connectivity index (χ4v) is 3.29. The van der Waals surface area contributed by atoms with Gasteiger partial charge in [0.2, 0.25) is 0 Å². The van der Waals surface area contributed by atoms with E-state index < -0.39 is 0 Å². The van der Waals surface area contributed by atoms with Crippen molar-refractivity contribution >= 4 is 29.0 Å². The number of likely N-dealkylation sites (tertiary alicyclic amines) is 1. The van der Waals surface area contributed by atoms with Gasteiger partial charge in [-0.15, -0.1) is 11.3 Å². The minimum absolute atomic E-state index is 0.0273. The van der Waals surface area contributed by atoms with Gasteiger partial charge in [0, 0.05) is 24.6 Å². The summed E-state index contributed by atoms with van der Waals surface area (Å²) in [5.74, 6) is 0.345. The van der Waals surface area contributed by atoms with Crippen LogP contribution in [0.5, 0.6) is 0 Å². The summed E-state index contributed by atoms with van der Waals surface area (Å²) in [6, 6.07) is 3.72. The lowest BCUT2D eigenvalue weighted by Gasteiger charge is -2.32. The van der Waals surface area contributed by atoms with E-state index >= 15 is 0 Å². The number of nitrogens with one attached hydrogen (secondary N) is 1. The fraction of sp³-hybridized carbons (Fsp3) is 0.615. The predicted molar refractivity (Wildman–Crippen MR) is 77.7 cm³/mol. The van der Waals surface area contributed by atoms with Crippen LogP contribution in [-0.2, 0) is 0 Å². The number of halogens is 1. The Balaban J connectivity index is 1.84. The highest BCUT2D eigenvalue weighted by molar-refractivity contribution is 7.16. The van der Waals surface area contributed by atoms with Crippen molar-refractivity contribution in [2.24, 2.45) is 5.92 Å². The van der Waals surface area contributed by atoms with E-state index in [2.05, 4.69) is 5.32 Å². The molecule has 0 aliphatic carbocycles. The third-order valence-corrected chi connectivity index (χ3v) is 4.93. The highest BCUT2D eigenvalue weighted by Crippen LogP contribution is 2.27. The van der Waals surface area contributed by atoms with Crippen molar-refractivity contribution in [3.05, 3.63) is 21.3 Å². The average molecular weight is 303 g/mol. The van der Waals surface area contributed by atoms with Crippen molar-refractivity contribution in [1.29, 1.82) is 0 Å². The van der Waals surface area contributed by atoms with Gasteiger partial charge in [0.1, 0.15) is 0 Å². The number of hydrogen-bond acceptors (Lipinski definition) is 3. The molecule has 1 fully saturated rings. The molecule has 19 heavy (non-hydrogen) atoms. The Kier molecular flexibility index (Phi) is 5.07. The molecule has 2 amide bonds. The van der Waals surface area contributed by atoms with Gasteiger partial charge in [-0.25, -0.2) is 4.79 Å². The number of carbonyl (C=O) groups excluding carboxylic acids is 1. The molecule has 1 unspecified atom stereocenters. The van der Waals surface area contributed by atoms with E-state index in [1.807, 2.05) is 24.0 Å². The fourth-order valence-electron chi connectivity index (χ4n) is 2.23. The Hall–Kier alpha value is -0.780. The molecule has 2 heterocycles. The number of urea groups is 1. The van der Waals surface area contributed by atoms with Crippen LogP contribution in [0.1, 0.15) is 30.7 Å². The Labute approximate surface area is 122 Å². The maximum absolute atomic E-state index is 12.1. The molecule has 0 bridgehead atoms. The molecular formula is C13H19ClN2O2S. The summed E-state index contributed by atoms with van der Waals surface area (Å²) in [5.41, 5.74) is 0. The number of piperidine rings is 1. The summed E-state index contributed by atoms with van der Waals surface area (Å²) in [7, 11) is 0. The lowest BCUT2D eigenvalue weighted by molar-refractivity contribution is 0.136. The van der Waals surface area contributed by atoms with E-state index in [-0.39, 0.29) is 18.7 Å². The van der Waals surface area contributed by atoms with E-state index in [1.54, 1.807) is 0 Å². The number of thiophene rings is 1. The summed E-state index contributed by atoms with van der Waals surface area (Å²) in [5, 5.41) is 12.1. The van der Waals surface area contributed by atoms with Crippen molar-refractivity contribution in [2.75, 3.05) is 19.7 Å². The van der Waals surface area contributed by atoms with Crippen LogP contribution >= 0.6 is 22.9 Å². The highest BCUT2D eigenvalue weighted by Gasteiger charge is 2.23. The molecule has 1 atom stereocenters. The van der Waals surface area contributed by atoms with E-state index in [0.29, 0.717) is 5.92 Å². The normalized spacial score (nSPS) is 18.4. The average Bonchev–Trinajstić information content (AvgIpc) is 2.85. The standard InChI is InChI=1S/C13H19ClN2O2S/c1-9(11-2-3-12(14)19-11)15-13(18)16-6-4-10(8-17)5-7-16/h2-3,9-10,17H,4-8H2,1H3,(H,15,18). The van der Waals surface area contributed by atoms with Gasteiger partial charge < -0.3 is 15.3 Å². The number of nitrogens with zero attached hydrogens (tertiary/aromatic N) is 1. The molecule has 4 nitrogen and oxygen atoms in total. The molecule has 0 spiro atoms. The van der Waals surface area contributed by atoms with Crippen LogP contribution in [0.15, 0.2) is 12.1 Å². The summed E-state index contributed by atoms with van der Waals surface area (Å²) in [4.78, 5) is 15.0. The van der Waals surface area contributed by atoms with Gasteiger partial charge in [-0.3, -0.25) is 0 Å². The molecule has 1 aromatic heterocycles. The second-order valence-corrected chi connectivity index (χ2v) is 6.67. The number of hydrogen-bond donors (Lipinski definition) is 2. The number of rotatable bonds is 3. The number of carbonyl (C=O) groups is 1. The van der Waals surface area contributed by atoms with Gasteiger partial charge in [0.15, 0.2) is 0 Å². The maximum atomic E-state index is 12.1. The lowest BCUT2D eigenvalue weighted by atomic mass is 9.98. The first kappa shape index (κ1) is 14.6. The molecule has 1 aliphatic heterocycles. The zero-order valence-corrected chi connectivity index (χ0v) is 12.5. The Morgan fingerprint density at radius 3 is 2.79 bits per heavy atom. The third kappa shape index (κ3) is 3.84. The van der Waals surface area contributed by atoms with Gasteiger partial charge in [0.25, 0.3) is 0 Å². The summed E-state index contributed by atoms with van der Waals surface area (Å²) < 4.78 is 0.736. The van der Waals surface area contributed by atoms with Gasteiger partial charge in [-0.2, -0.15) is 0 Å². The van der Waals surface area contributed by atoms with Crippen molar-refractivity contribution in [2.45, 2.75) is 25.8 Å². The van der Waals surface area contributed by atoms with Gasteiger partial charge >= 0.3 is 6.03 Å². The first-order valence-corrected chi connectivity index (χ1v) is 7.71. The van der Waals surface area contributed by atoms with E-state index in [1.165, 1.54) is 11.3 Å². The Bertz CT molecular complexity index is 430. The lowest BCUT2D eigenvalue weighted by Crippen LogP contribution is -2.45. The number of aliphatic hydroxyl groups is 1. The second kappa shape index (κ2) is 6.59. The second-order valence-electron chi connectivity index (χ2n) is 4.93. The first-order valence-electron chi connectivity index (χ1n) is 6.51. The van der Waals surface area contributed by atoms with Crippen molar-refractivity contribution in [1.82, 2.24) is 10.2 Å². The van der Waals surface area contributed by atoms with Crippen LogP contribution in [0.25, 0.3) is 0 Å². The highest BCUT2D eigenvalue weighted by atomic mass is 35.5. The molecule has 0 aromatic carbocycles. The molecule has 106 valence electrons. The zero-order valence-electron chi connectivity index (χ0n) is 10.9. The molecule has 1 aliphatic rings. The summed E-state index contributed by atoms with van der Waals surface area (Å²) in [6.45, 7) is 3.62. The van der Waals surface area contributed by atoms with Crippen molar-refractivity contribution < 1.29 is 9.90 Å². The maximum Gasteiger partial charge on any atom is 0.317 e. The Morgan fingerprint density at radius 1 is 1.58 bits per heavy atom. The summed E-state index contributed by atoms with van der Waals surface area (Å²) >= 11 is 7.38. The largest absolute Gasteiger partial charge is 0.396 e. The zero-order chi connectivity index (χ0) is 13.8. The minimum atomic E-state index is -0.0339. The van der Waals surface area contributed by atoms with Crippen LogP contribution in [0.3, 0.4) is 0 Å². The predicted octanol–water partition coefficient (Wildman–Crippen LogP) is 2.88. The van der Waals surface area contributed by atoms with Crippen LogP contribution in [-0.4, -0.2) is 35.7 Å². The topological polar surface area (TPSA) is 52.6 Å². The number of amides is 2. The Morgan fingerprint density at radius 2 is 2.26 bits per heavy atom. The summed E-state index contributed by atoms with van der Waals surface area (Å²) in [6.07, 6.45) is 1.76. The SMILES string of the molecule is CC(NC(=O)N1CCC(CO)CC1)c1ccc(Cl)s1. The van der Waals surface area contributed by atoms with Gasteiger partial charge in [-0.1, -0.05) is 11.6 Å². The number of aliphatic hydroxyl groups excluding tert-OH is 1. The third-order valence-electron chi connectivity index (χ3n) is 3.52. The molecule has 0 radical (unpaired) electrons. The minimum Gasteiger partial charge on any atom is -0.396 e. The van der Waals surface area contributed by atoms with Crippen LogP contribution < -0.4 is 5.32 Å². The van der Waals surface area contributed by atoms with Crippen LogP contribution in [0.2, 0.25) is 4.34 Å². The van der Waals surface area contributed by atoms with Gasteiger partial charge in [0.05, 0.1) is 10.4 Å². The van der Waals surface area contributed by atoms with E-state index in [4.69, 9.17) is 16.7 Å². The molecule has 1 saturated heterocycles.